The van der Waals surface area contributed by atoms with Crippen LogP contribution in [0.1, 0.15) is 0 Å². The maximum atomic E-state index is 11.2. The molecule has 0 saturated heterocycles. The highest BCUT2D eigenvalue weighted by Crippen LogP contribution is 2.28. The van der Waals surface area contributed by atoms with E-state index in [-0.39, 0.29) is 19.4 Å². The Balaban J connectivity index is 3.61. The standard InChI is InChI=1S/C9H22NO6P/c1-10(2,3)8-14-16-17(11)15-7-9(13-5)6-12-4/h9H,6-8H2,1-5H3. The molecule has 0 aliphatic rings. The number of nitrogens with zero attached hydrogens (tertiary/aromatic N) is 1. The van der Waals surface area contributed by atoms with E-state index < -0.39 is 8.60 Å². The summed E-state index contributed by atoms with van der Waals surface area (Å²) in [5, 5.41) is 0. The molecule has 2 unspecified atom stereocenters. The van der Waals surface area contributed by atoms with Gasteiger partial charge in [0.1, 0.15) is 14.7 Å². The van der Waals surface area contributed by atoms with Crippen molar-refractivity contribution in [1.29, 1.82) is 0 Å². The predicted octanol–water partition coefficient (Wildman–Crippen LogP) is -0.136. The lowest BCUT2D eigenvalue weighted by Gasteiger charge is -2.26. The summed E-state index contributed by atoms with van der Waals surface area (Å²) in [4.78, 5) is 16.0. The zero-order chi connectivity index (χ0) is 13.3. The lowest BCUT2D eigenvalue weighted by Crippen LogP contribution is -2.36. The molecule has 104 valence electrons. The van der Waals surface area contributed by atoms with Gasteiger partial charge < -0.3 is 23.4 Å². The smallest absolute Gasteiger partial charge is 0.214 e. The van der Waals surface area contributed by atoms with Crippen molar-refractivity contribution in [3.63, 3.8) is 0 Å². The summed E-state index contributed by atoms with van der Waals surface area (Å²) in [5.41, 5.74) is 0. The minimum Gasteiger partial charge on any atom is -0.784 e. The molecule has 2 atom stereocenters. The zero-order valence-corrected chi connectivity index (χ0v) is 11.9. The van der Waals surface area contributed by atoms with Gasteiger partial charge >= 0.3 is 0 Å². The topological polar surface area (TPSA) is 69.2 Å². The molecule has 0 spiro atoms. The Labute approximate surface area is 104 Å². The summed E-state index contributed by atoms with van der Waals surface area (Å²) < 4.78 is 19.9. The monoisotopic (exact) mass is 271 g/mol. The Hall–Kier alpha value is 0.150. The zero-order valence-electron chi connectivity index (χ0n) is 11.0. The number of ether oxygens (including phenoxy) is 2. The van der Waals surface area contributed by atoms with Crippen LogP contribution in [0.25, 0.3) is 0 Å². The molecule has 0 N–H and O–H groups in total. The van der Waals surface area contributed by atoms with Crippen molar-refractivity contribution in [2.24, 2.45) is 0 Å². The van der Waals surface area contributed by atoms with Crippen LogP contribution in [0.4, 0.5) is 0 Å². The average Bonchev–Trinajstić information content (AvgIpc) is 2.22. The Morgan fingerprint density at radius 2 is 1.82 bits per heavy atom. The molecule has 0 aromatic heterocycles. The van der Waals surface area contributed by atoms with Gasteiger partial charge in [-0.3, -0.25) is 0 Å². The fraction of sp³-hybridized carbons (Fsp3) is 1.00. The van der Waals surface area contributed by atoms with Gasteiger partial charge in [0.25, 0.3) is 0 Å². The molecule has 0 aliphatic carbocycles. The Bertz CT molecular complexity index is 189. The minimum absolute atomic E-state index is 0.118. The molecule has 0 aromatic carbocycles. The summed E-state index contributed by atoms with van der Waals surface area (Å²) in [6.45, 7) is 0.753. The molecule has 0 saturated carbocycles. The van der Waals surface area contributed by atoms with Gasteiger partial charge in [0.05, 0.1) is 34.4 Å². The van der Waals surface area contributed by atoms with E-state index in [4.69, 9.17) is 18.9 Å². The molecule has 0 heterocycles. The van der Waals surface area contributed by atoms with Gasteiger partial charge in [-0.15, -0.1) is 0 Å². The SMILES string of the molecule is COCC(COP([O-])OOC[N+](C)(C)C)OC. The third kappa shape index (κ3) is 11.0. The van der Waals surface area contributed by atoms with E-state index in [1.54, 1.807) is 7.11 Å². The molecule has 17 heavy (non-hydrogen) atoms. The van der Waals surface area contributed by atoms with Crippen LogP contribution in [-0.4, -0.2) is 65.9 Å². The second-order valence-corrected chi connectivity index (χ2v) is 5.30. The molecule has 0 aliphatic heterocycles. The van der Waals surface area contributed by atoms with Crippen LogP contribution in [0.5, 0.6) is 0 Å². The molecule has 0 bridgehead atoms. The maximum absolute atomic E-state index is 11.2. The number of rotatable bonds is 10. The van der Waals surface area contributed by atoms with E-state index in [0.29, 0.717) is 11.1 Å². The Kier molecular flexibility index (Phi) is 9.21. The van der Waals surface area contributed by atoms with Crippen molar-refractivity contribution < 1.29 is 32.9 Å². The number of quaternary nitrogens is 1. The van der Waals surface area contributed by atoms with Crippen LogP contribution in [0.2, 0.25) is 0 Å². The van der Waals surface area contributed by atoms with E-state index in [0.717, 1.165) is 0 Å². The number of hydrogen-bond donors (Lipinski definition) is 0. The van der Waals surface area contributed by atoms with Crippen molar-refractivity contribution in [3.05, 3.63) is 0 Å². The molecule has 0 rings (SSSR count). The minimum atomic E-state index is -2.30. The first-order valence-electron chi connectivity index (χ1n) is 5.11. The van der Waals surface area contributed by atoms with Crippen LogP contribution in [-0.2, 0) is 23.6 Å². The van der Waals surface area contributed by atoms with Gasteiger partial charge in [-0.05, 0) is 0 Å². The van der Waals surface area contributed by atoms with Crippen molar-refractivity contribution >= 4 is 8.60 Å². The largest absolute Gasteiger partial charge is 0.784 e. The van der Waals surface area contributed by atoms with Gasteiger partial charge in [0.15, 0.2) is 0 Å². The Morgan fingerprint density at radius 1 is 1.18 bits per heavy atom. The second kappa shape index (κ2) is 9.13. The molecule has 0 radical (unpaired) electrons. The van der Waals surface area contributed by atoms with Crippen molar-refractivity contribution in [2.45, 2.75) is 6.10 Å². The molecule has 0 aromatic rings. The summed E-state index contributed by atoms with van der Waals surface area (Å²) in [5.74, 6) is 0. The van der Waals surface area contributed by atoms with Gasteiger partial charge in [-0.1, -0.05) is 0 Å². The molecule has 8 heteroatoms. The van der Waals surface area contributed by atoms with Crippen molar-refractivity contribution in [2.75, 3.05) is 55.3 Å². The van der Waals surface area contributed by atoms with Crippen molar-refractivity contribution in [3.8, 4) is 0 Å². The van der Waals surface area contributed by atoms with E-state index in [1.165, 1.54) is 7.11 Å². The van der Waals surface area contributed by atoms with Crippen LogP contribution in [0.15, 0.2) is 0 Å². The number of hydrogen-bond acceptors (Lipinski definition) is 6. The number of methoxy groups -OCH3 is 2. The van der Waals surface area contributed by atoms with Crippen molar-refractivity contribution in [1.82, 2.24) is 0 Å². The van der Waals surface area contributed by atoms with E-state index in [2.05, 4.69) is 4.67 Å². The molecule has 0 fully saturated rings. The predicted molar refractivity (Wildman–Crippen MR) is 60.6 cm³/mol. The lowest BCUT2D eigenvalue weighted by atomic mass is 10.4. The van der Waals surface area contributed by atoms with Crippen LogP contribution in [0, 0.1) is 0 Å². The molecule has 0 amide bonds. The highest BCUT2D eigenvalue weighted by Gasteiger charge is 2.10. The Morgan fingerprint density at radius 3 is 2.29 bits per heavy atom. The lowest BCUT2D eigenvalue weighted by molar-refractivity contribution is -0.899. The van der Waals surface area contributed by atoms with Gasteiger partial charge in [-0.25, -0.2) is 0 Å². The highest BCUT2D eigenvalue weighted by molar-refractivity contribution is 7.38. The fourth-order valence-corrected chi connectivity index (χ4v) is 1.22. The maximum Gasteiger partial charge on any atom is 0.214 e. The van der Waals surface area contributed by atoms with E-state index >= 15 is 0 Å². The van der Waals surface area contributed by atoms with Crippen LogP contribution >= 0.6 is 8.60 Å². The summed E-state index contributed by atoms with van der Waals surface area (Å²) in [7, 11) is 6.51. The van der Waals surface area contributed by atoms with Gasteiger partial charge in [0.2, 0.25) is 6.73 Å². The summed E-state index contributed by atoms with van der Waals surface area (Å²) >= 11 is 0. The van der Waals surface area contributed by atoms with Gasteiger partial charge in [-0.2, -0.15) is 9.56 Å². The van der Waals surface area contributed by atoms with Gasteiger partial charge in [0, 0.05) is 14.2 Å². The third-order valence-corrected chi connectivity index (χ3v) is 2.19. The normalized spacial score (nSPS) is 15.9. The average molecular weight is 271 g/mol. The first kappa shape index (κ1) is 17.2. The first-order valence-corrected chi connectivity index (χ1v) is 6.20. The summed E-state index contributed by atoms with van der Waals surface area (Å²) in [6.07, 6.45) is -0.277. The van der Waals surface area contributed by atoms with E-state index in [1.807, 2.05) is 21.1 Å². The molecular formula is C9H22NO6P. The van der Waals surface area contributed by atoms with Crippen LogP contribution < -0.4 is 4.89 Å². The third-order valence-electron chi connectivity index (χ3n) is 1.61. The molecular weight excluding hydrogens is 249 g/mol. The first-order chi connectivity index (χ1) is 7.89. The molecule has 7 nitrogen and oxygen atoms in total. The quantitative estimate of drug-likeness (QED) is 0.181. The fourth-order valence-electron chi connectivity index (χ4n) is 0.760. The second-order valence-electron chi connectivity index (χ2n) is 4.44. The highest BCUT2D eigenvalue weighted by atomic mass is 31.2. The van der Waals surface area contributed by atoms with Crippen LogP contribution in [0.3, 0.4) is 0 Å². The summed E-state index contributed by atoms with van der Waals surface area (Å²) in [6, 6.07) is 0. The van der Waals surface area contributed by atoms with E-state index in [9.17, 15) is 4.89 Å².